The zero-order valence-electron chi connectivity index (χ0n) is 14.7. The molecule has 1 aromatic carbocycles. The highest BCUT2D eigenvalue weighted by Crippen LogP contribution is 2.26. The van der Waals surface area contributed by atoms with E-state index in [1.807, 2.05) is 36.1 Å². The fourth-order valence-corrected chi connectivity index (χ4v) is 3.16. The Labute approximate surface area is 174 Å². The van der Waals surface area contributed by atoms with Gasteiger partial charge >= 0.3 is 0 Å². The first kappa shape index (κ1) is 23.0. The molecule has 1 amide bonds. The average Bonchev–Trinajstić information content (AvgIpc) is 2.78. The van der Waals surface area contributed by atoms with Crippen molar-refractivity contribution in [1.82, 2.24) is 15.2 Å². The first-order valence-corrected chi connectivity index (χ1v) is 9.13. The number of benzene rings is 1. The van der Waals surface area contributed by atoms with Crippen molar-refractivity contribution in [3.63, 3.8) is 0 Å². The Morgan fingerprint density at radius 2 is 1.96 bits per heavy atom. The van der Waals surface area contributed by atoms with E-state index in [1.54, 1.807) is 0 Å². The molecule has 0 atom stereocenters. The summed E-state index contributed by atoms with van der Waals surface area (Å²) in [7, 11) is 0. The number of hydrogen-bond acceptors (Lipinski definition) is 4. The van der Waals surface area contributed by atoms with Crippen LogP contribution in [0.1, 0.15) is 24.4 Å². The minimum absolute atomic E-state index is 0. The zero-order valence-corrected chi connectivity index (χ0v) is 17.9. The Hall–Kier alpha value is -1.08. The van der Waals surface area contributed by atoms with E-state index in [0.29, 0.717) is 18.7 Å². The Kier molecular flexibility index (Phi) is 9.64. The lowest BCUT2D eigenvalue weighted by atomic mass is 10.1. The molecule has 1 aromatic heterocycles. The number of nitrogens with zero attached hydrogens (tertiary/aromatic N) is 2. The summed E-state index contributed by atoms with van der Waals surface area (Å²) >= 11 is 3.43. The molecule has 144 valence electrons. The number of aryl methyl sites for hydroxylation is 2. The second kappa shape index (κ2) is 10.9. The molecule has 26 heavy (non-hydrogen) atoms. The quantitative estimate of drug-likeness (QED) is 0.742. The number of hydrogen-bond donors (Lipinski definition) is 1. The van der Waals surface area contributed by atoms with Crippen LogP contribution >= 0.6 is 40.7 Å². The van der Waals surface area contributed by atoms with E-state index >= 15 is 0 Å². The van der Waals surface area contributed by atoms with Gasteiger partial charge in [0.05, 0.1) is 5.69 Å². The second-order valence-corrected chi connectivity index (χ2v) is 6.93. The normalized spacial score (nSPS) is 14.2. The van der Waals surface area contributed by atoms with Crippen LogP contribution in [0, 0.1) is 6.92 Å². The predicted molar refractivity (Wildman–Crippen MR) is 111 cm³/mol. The van der Waals surface area contributed by atoms with E-state index in [1.165, 1.54) is 0 Å². The van der Waals surface area contributed by atoms with Gasteiger partial charge in [0, 0.05) is 42.5 Å². The van der Waals surface area contributed by atoms with Crippen molar-refractivity contribution >= 4 is 46.7 Å². The first-order chi connectivity index (χ1) is 11.6. The van der Waals surface area contributed by atoms with Crippen LogP contribution in [0.15, 0.2) is 33.2 Å². The highest BCUT2D eigenvalue weighted by atomic mass is 79.9. The van der Waals surface area contributed by atoms with Gasteiger partial charge in [0.1, 0.15) is 0 Å². The van der Waals surface area contributed by atoms with E-state index in [-0.39, 0.29) is 30.7 Å². The van der Waals surface area contributed by atoms with Crippen molar-refractivity contribution in [2.75, 3.05) is 26.2 Å². The molecule has 3 rings (SSSR count). The molecule has 1 aliphatic heterocycles. The summed E-state index contributed by atoms with van der Waals surface area (Å²) in [5, 5.41) is 3.31. The maximum Gasteiger partial charge on any atom is 0.223 e. The van der Waals surface area contributed by atoms with Gasteiger partial charge in [0.15, 0.2) is 11.7 Å². The highest BCUT2D eigenvalue weighted by molar-refractivity contribution is 9.10. The lowest BCUT2D eigenvalue weighted by Gasteiger charge is -2.19. The molecule has 1 fully saturated rings. The van der Waals surface area contributed by atoms with Crippen LogP contribution in [-0.2, 0) is 11.2 Å². The number of nitrogens with one attached hydrogen (secondary N) is 1. The smallest absolute Gasteiger partial charge is 0.223 e. The average molecular weight is 465 g/mol. The Bertz CT molecular complexity index is 699. The second-order valence-electron chi connectivity index (χ2n) is 6.01. The van der Waals surface area contributed by atoms with Crippen molar-refractivity contribution in [3.05, 3.63) is 40.3 Å². The number of rotatable bonds is 4. The third-order valence-electron chi connectivity index (χ3n) is 4.19. The summed E-state index contributed by atoms with van der Waals surface area (Å²) in [4.78, 5) is 18.8. The fourth-order valence-electron chi connectivity index (χ4n) is 2.90. The largest absolute Gasteiger partial charge is 0.440 e. The molecule has 8 heteroatoms. The van der Waals surface area contributed by atoms with Crippen molar-refractivity contribution < 1.29 is 9.21 Å². The minimum atomic E-state index is 0. The molecule has 1 aliphatic rings. The van der Waals surface area contributed by atoms with Gasteiger partial charge < -0.3 is 14.6 Å². The maximum absolute atomic E-state index is 12.3. The molecule has 5 nitrogen and oxygen atoms in total. The van der Waals surface area contributed by atoms with Gasteiger partial charge in [0.2, 0.25) is 5.91 Å². The number of carbonyl (C=O) groups excluding carboxylic acids is 1. The predicted octanol–water partition coefficient (Wildman–Crippen LogP) is 4.01. The summed E-state index contributed by atoms with van der Waals surface area (Å²) in [6.07, 6.45) is 2.00. The monoisotopic (exact) mass is 463 g/mol. The molecule has 0 spiro atoms. The summed E-state index contributed by atoms with van der Waals surface area (Å²) in [5.74, 6) is 1.59. The molecule has 1 saturated heterocycles. The van der Waals surface area contributed by atoms with Crippen LogP contribution in [-0.4, -0.2) is 42.0 Å². The van der Waals surface area contributed by atoms with Gasteiger partial charge in [-0.3, -0.25) is 4.79 Å². The standard InChI is InChI=1S/C18H22BrN3O2.2ClH/c1-13-18(14-3-5-15(19)6-4-14)24-16(21-13)7-8-17(23)22-11-2-9-20-10-12-22;;/h3-6,20H,2,7-12H2,1H3;2*1H. The summed E-state index contributed by atoms with van der Waals surface area (Å²) in [5.41, 5.74) is 1.86. The van der Waals surface area contributed by atoms with Crippen molar-refractivity contribution in [2.24, 2.45) is 0 Å². The summed E-state index contributed by atoms with van der Waals surface area (Å²) in [6, 6.07) is 7.95. The van der Waals surface area contributed by atoms with Crippen LogP contribution in [0.5, 0.6) is 0 Å². The SMILES string of the molecule is Cc1nc(CCC(=O)N2CCCNCC2)oc1-c1ccc(Br)cc1.Cl.Cl. The number of amides is 1. The summed E-state index contributed by atoms with van der Waals surface area (Å²) in [6.45, 7) is 5.41. The van der Waals surface area contributed by atoms with E-state index in [9.17, 15) is 4.79 Å². The molecule has 2 heterocycles. The Morgan fingerprint density at radius 1 is 1.23 bits per heavy atom. The number of aromatic nitrogens is 1. The lowest BCUT2D eigenvalue weighted by molar-refractivity contribution is -0.131. The lowest BCUT2D eigenvalue weighted by Crippen LogP contribution is -2.34. The van der Waals surface area contributed by atoms with E-state index in [4.69, 9.17) is 4.42 Å². The molecular formula is C18H24BrCl2N3O2. The van der Waals surface area contributed by atoms with Crippen LogP contribution < -0.4 is 5.32 Å². The number of oxazole rings is 1. The Balaban J connectivity index is 0.00000169. The van der Waals surface area contributed by atoms with Crippen LogP contribution in [0.25, 0.3) is 11.3 Å². The molecule has 1 N–H and O–H groups in total. The van der Waals surface area contributed by atoms with Crippen LogP contribution in [0.3, 0.4) is 0 Å². The van der Waals surface area contributed by atoms with Crippen molar-refractivity contribution in [1.29, 1.82) is 0 Å². The van der Waals surface area contributed by atoms with Crippen molar-refractivity contribution in [3.8, 4) is 11.3 Å². The molecule has 0 aliphatic carbocycles. The fraction of sp³-hybridized carbons (Fsp3) is 0.444. The van der Waals surface area contributed by atoms with E-state index in [2.05, 4.69) is 26.2 Å². The maximum atomic E-state index is 12.3. The molecule has 2 aromatic rings. The van der Waals surface area contributed by atoms with Gasteiger partial charge in [0.25, 0.3) is 0 Å². The van der Waals surface area contributed by atoms with Gasteiger partial charge in [-0.1, -0.05) is 28.1 Å². The van der Waals surface area contributed by atoms with Gasteiger partial charge in [-0.25, -0.2) is 4.98 Å². The molecule has 0 radical (unpaired) electrons. The minimum Gasteiger partial charge on any atom is -0.440 e. The zero-order chi connectivity index (χ0) is 16.9. The van der Waals surface area contributed by atoms with E-state index in [0.717, 1.165) is 54.1 Å². The summed E-state index contributed by atoms with van der Waals surface area (Å²) < 4.78 is 6.92. The van der Waals surface area contributed by atoms with Gasteiger partial charge in [-0.05, 0) is 32.0 Å². The van der Waals surface area contributed by atoms with Gasteiger partial charge in [-0.15, -0.1) is 24.8 Å². The van der Waals surface area contributed by atoms with E-state index < -0.39 is 0 Å². The number of halogens is 3. The number of carbonyl (C=O) groups is 1. The molecule has 0 bridgehead atoms. The third-order valence-corrected chi connectivity index (χ3v) is 4.72. The molecular weight excluding hydrogens is 441 g/mol. The molecule has 0 saturated carbocycles. The van der Waals surface area contributed by atoms with Crippen LogP contribution in [0.2, 0.25) is 0 Å². The Morgan fingerprint density at radius 3 is 2.69 bits per heavy atom. The van der Waals surface area contributed by atoms with Crippen LogP contribution in [0.4, 0.5) is 0 Å². The molecule has 0 unspecified atom stereocenters. The third kappa shape index (κ3) is 5.98. The first-order valence-electron chi connectivity index (χ1n) is 8.34. The topological polar surface area (TPSA) is 58.4 Å². The highest BCUT2D eigenvalue weighted by Gasteiger charge is 2.17. The van der Waals surface area contributed by atoms with Crippen molar-refractivity contribution in [2.45, 2.75) is 26.2 Å². The van der Waals surface area contributed by atoms with Gasteiger partial charge in [-0.2, -0.15) is 0 Å².